The molecule has 1 radical (unpaired) electrons. The van der Waals surface area contributed by atoms with Crippen molar-refractivity contribution < 1.29 is 67.1 Å². The van der Waals surface area contributed by atoms with Gasteiger partial charge in [0.1, 0.15) is 0 Å². The Morgan fingerprint density at radius 1 is 0.500 bits per heavy atom. The van der Waals surface area contributed by atoms with Gasteiger partial charge in [-0.2, -0.15) is 13.2 Å². The molecule has 0 aliphatic rings. The summed E-state index contributed by atoms with van der Waals surface area (Å²) in [6, 6.07) is 51.4. The van der Waals surface area contributed by atoms with Gasteiger partial charge in [-0.25, -0.2) is 0 Å². The number of hydrogen-bond donors (Lipinski definition) is 0. The fraction of sp³-hybridized carbons (Fsp3) is 0.0952. The van der Waals surface area contributed by atoms with Crippen LogP contribution in [-0.4, -0.2) is 6.18 Å². The summed E-state index contributed by atoms with van der Waals surface area (Å²) < 4.78 is 52.4. The molecular formula is C42H34EuF3OP. The van der Waals surface area contributed by atoms with Crippen LogP contribution in [0.1, 0.15) is 17.9 Å². The Bertz CT molecular complexity index is 2030. The zero-order chi connectivity index (χ0) is 33.0. The van der Waals surface area contributed by atoms with Crippen LogP contribution in [0.5, 0.6) is 0 Å². The first-order chi connectivity index (χ1) is 22.7. The van der Waals surface area contributed by atoms with Gasteiger partial charge in [0.15, 0.2) is 7.14 Å². The predicted molar refractivity (Wildman–Crippen MR) is 192 cm³/mol. The molecule has 0 saturated heterocycles. The molecule has 0 aliphatic heterocycles. The summed E-state index contributed by atoms with van der Waals surface area (Å²) in [6.45, 7) is 7.23. The first-order valence-corrected chi connectivity index (χ1v) is 17.2. The molecule has 2 atom stereocenters. The smallest absolute Gasteiger partial charge is 0.336 e. The Balaban J connectivity index is 0.000000192. The topological polar surface area (TPSA) is 17.1 Å². The van der Waals surface area contributed by atoms with Crippen LogP contribution in [0.3, 0.4) is 0 Å². The number of benzene rings is 7. The van der Waals surface area contributed by atoms with Crippen molar-refractivity contribution in [2.75, 3.05) is 0 Å². The van der Waals surface area contributed by atoms with Crippen molar-refractivity contribution in [2.45, 2.75) is 18.5 Å². The number of alkyl halides is 3. The van der Waals surface area contributed by atoms with Gasteiger partial charge >= 0.3 is 55.6 Å². The number of hydrogen-bond acceptors (Lipinski definition) is 1. The van der Waals surface area contributed by atoms with Gasteiger partial charge in [-0.05, 0) is 32.3 Å². The normalized spacial score (nSPS) is 12.9. The summed E-state index contributed by atoms with van der Waals surface area (Å²) in [5.74, 6) is -2.09. The van der Waals surface area contributed by atoms with E-state index in [2.05, 4.69) is 38.1 Å². The van der Waals surface area contributed by atoms with E-state index in [4.69, 9.17) is 0 Å². The van der Waals surface area contributed by atoms with Crippen molar-refractivity contribution in [3.63, 3.8) is 0 Å². The summed E-state index contributed by atoms with van der Waals surface area (Å²) in [4.78, 5) is 0. The van der Waals surface area contributed by atoms with E-state index >= 15 is 0 Å². The Kier molecular flexibility index (Phi) is 11.8. The summed E-state index contributed by atoms with van der Waals surface area (Å²) >= 11 is 0. The van der Waals surface area contributed by atoms with Crippen molar-refractivity contribution in [1.29, 1.82) is 0 Å². The summed E-state index contributed by atoms with van der Waals surface area (Å²) in [6.07, 6.45) is -4.42. The average Bonchev–Trinajstić information content (AvgIpc) is 3.12. The van der Waals surface area contributed by atoms with Crippen LogP contribution in [0.15, 0.2) is 158 Å². The molecule has 241 valence electrons. The molecule has 0 N–H and O–H groups in total. The number of rotatable bonds is 6. The standard InChI is InChI=1S/C24H19F3.C18H15OP.Eu/c1-15(13-16(2)24(25,26)27)17-11-12-22-20-9-4-3-7-18(20)19-8-5-6-10-21(19)23(22)14-17;19-20(16-10-4-1-5-11-16,17-12-6-2-7-13-17)18-14-8-3-9-15-18;/h3-12,14-16H,1-2,13H2;1-15H;/q-2;;+2. The van der Waals surface area contributed by atoms with Crippen LogP contribution in [-0.2, 0) is 4.57 Å². The van der Waals surface area contributed by atoms with E-state index in [9.17, 15) is 17.7 Å². The van der Waals surface area contributed by atoms with Crippen LogP contribution in [0.2, 0.25) is 0 Å². The van der Waals surface area contributed by atoms with E-state index < -0.39 is 25.2 Å². The molecule has 0 heterocycles. The maximum absolute atomic E-state index is 13.8. The minimum absolute atomic E-state index is 0. The SMILES string of the molecule is O=P(c1ccccc1)(c1ccccc1)c1ccccc1.[CH2-]C(CC([CH2-])C(F)(F)F)c1ccc2c3ccccc3c3ccccc3c2c1.[Eu+2]. The Morgan fingerprint density at radius 3 is 1.21 bits per heavy atom. The van der Waals surface area contributed by atoms with E-state index in [1.54, 1.807) is 0 Å². The second-order valence-electron chi connectivity index (χ2n) is 11.7. The van der Waals surface area contributed by atoms with Gasteiger partial charge in [0, 0.05) is 15.9 Å². The molecule has 0 amide bonds. The molecule has 0 aliphatic carbocycles. The van der Waals surface area contributed by atoms with Crippen molar-refractivity contribution in [3.05, 3.63) is 177 Å². The van der Waals surface area contributed by atoms with Crippen molar-refractivity contribution in [1.82, 2.24) is 0 Å². The van der Waals surface area contributed by atoms with Crippen molar-refractivity contribution >= 4 is 55.4 Å². The van der Waals surface area contributed by atoms with Crippen LogP contribution >= 0.6 is 7.14 Å². The molecule has 0 saturated carbocycles. The molecule has 0 spiro atoms. The zero-order valence-corrected chi connectivity index (χ0v) is 29.5. The first-order valence-electron chi connectivity index (χ1n) is 15.5. The third-order valence-corrected chi connectivity index (χ3v) is 11.7. The third kappa shape index (κ3) is 7.56. The van der Waals surface area contributed by atoms with Crippen LogP contribution < -0.4 is 15.9 Å². The van der Waals surface area contributed by atoms with Gasteiger partial charge in [0.2, 0.25) is 0 Å². The molecule has 48 heavy (non-hydrogen) atoms. The van der Waals surface area contributed by atoms with Crippen LogP contribution in [0.25, 0.3) is 32.3 Å². The fourth-order valence-electron chi connectivity index (χ4n) is 6.15. The van der Waals surface area contributed by atoms with E-state index in [0.29, 0.717) is 0 Å². The minimum atomic E-state index is -4.30. The van der Waals surface area contributed by atoms with Crippen LogP contribution in [0, 0.1) is 69.1 Å². The molecule has 0 aromatic heterocycles. The molecular weight excluding hydrogens is 760 g/mol. The van der Waals surface area contributed by atoms with Gasteiger partial charge in [-0.1, -0.05) is 176 Å². The van der Waals surface area contributed by atoms with Gasteiger partial charge in [0.05, 0.1) is 0 Å². The van der Waals surface area contributed by atoms with Crippen molar-refractivity contribution in [3.8, 4) is 0 Å². The average molecular weight is 795 g/mol. The number of halogens is 3. The van der Waals surface area contributed by atoms with Crippen LogP contribution in [0.4, 0.5) is 13.2 Å². The van der Waals surface area contributed by atoms with Gasteiger partial charge in [0.25, 0.3) is 0 Å². The largest absolute Gasteiger partial charge is 2.00 e. The summed E-state index contributed by atoms with van der Waals surface area (Å²) in [7, 11) is -2.78. The van der Waals surface area contributed by atoms with Crippen molar-refractivity contribution in [2.24, 2.45) is 5.92 Å². The quantitative estimate of drug-likeness (QED) is 0.0931. The van der Waals surface area contributed by atoms with E-state index in [1.165, 1.54) is 5.39 Å². The predicted octanol–water partition coefficient (Wildman–Crippen LogP) is 10.8. The molecule has 0 bridgehead atoms. The molecule has 2 unspecified atom stereocenters. The first kappa shape index (κ1) is 36.2. The summed E-state index contributed by atoms with van der Waals surface area (Å²) in [5.41, 5.74) is 0.806. The minimum Gasteiger partial charge on any atom is -0.336 e. The van der Waals surface area contributed by atoms with E-state index in [1.807, 2.05) is 133 Å². The third-order valence-electron chi connectivity index (χ3n) is 8.63. The second kappa shape index (κ2) is 15.6. The molecule has 0 fully saturated rings. The summed E-state index contributed by atoms with van der Waals surface area (Å²) in [5, 5.41) is 9.32. The second-order valence-corrected chi connectivity index (χ2v) is 14.5. The van der Waals surface area contributed by atoms with Gasteiger partial charge in [-0.3, -0.25) is 0 Å². The Morgan fingerprint density at radius 2 is 0.833 bits per heavy atom. The molecule has 7 aromatic rings. The monoisotopic (exact) mass is 795 g/mol. The van der Waals surface area contributed by atoms with E-state index in [0.717, 1.165) is 48.4 Å². The molecule has 1 nitrogen and oxygen atoms in total. The maximum atomic E-state index is 13.8. The van der Waals surface area contributed by atoms with Gasteiger partial charge in [-0.15, -0.1) is 5.92 Å². The molecule has 7 aromatic carbocycles. The maximum Gasteiger partial charge on any atom is 2.00 e. The van der Waals surface area contributed by atoms with E-state index in [-0.39, 0.29) is 55.8 Å². The zero-order valence-electron chi connectivity index (χ0n) is 26.2. The molecule has 6 heteroatoms. The molecule has 7 rings (SSSR count). The number of fused-ring (bicyclic) bond motifs is 6. The Labute approximate surface area is 321 Å². The Hall–Kier alpha value is -3.08. The van der Waals surface area contributed by atoms with Gasteiger partial charge < -0.3 is 18.4 Å². The fourth-order valence-corrected chi connectivity index (χ4v) is 8.82.